The van der Waals surface area contributed by atoms with Crippen molar-refractivity contribution < 1.29 is 13.6 Å². The minimum Gasteiger partial charge on any atom is -0.345 e. The van der Waals surface area contributed by atoms with Gasteiger partial charge in [0.2, 0.25) is 5.91 Å². The molecule has 3 nitrogen and oxygen atoms in total. The van der Waals surface area contributed by atoms with Crippen molar-refractivity contribution in [1.29, 1.82) is 0 Å². The molecule has 2 aliphatic heterocycles. The van der Waals surface area contributed by atoms with Gasteiger partial charge in [0.15, 0.2) is 0 Å². The van der Waals surface area contributed by atoms with Crippen molar-refractivity contribution in [2.45, 2.75) is 32.2 Å². The van der Waals surface area contributed by atoms with E-state index < -0.39 is 16.7 Å². The van der Waals surface area contributed by atoms with Crippen molar-refractivity contribution >= 4 is 17.5 Å². The van der Waals surface area contributed by atoms with Gasteiger partial charge in [0.1, 0.15) is 16.7 Å². The maximum atomic E-state index is 14.0. The molecule has 0 aromatic heterocycles. The first-order chi connectivity index (χ1) is 10.9. The number of carbonyl (C=O) groups excluding carboxylic acids is 1. The third kappa shape index (κ3) is 3.36. The summed E-state index contributed by atoms with van der Waals surface area (Å²) >= 11 is 5.64. The molecule has 126 valence electrons. The third-order valence-electron chi connectivity index (χ3n) is 5.29. The first kappa shape index (κ1) is 16.7. The molecule has 1 amide bonds. The highest BCUT2D eigenvalue weighted by Gasteiger charge is 2.39. The molecule has 6 heteroatoms. The smallest absolute Gasteiger partial charge is 0.222 e. The van der Waals surface area contributed by atoms with Gasteiger partial charge in [0, 0.05) is 32.1 Å². The number of benzene rings is 1. The van der Waals surface area contributed by atoms with Crippen LogP contribution >= 0.6 is 11.6 Å². The Kier molecular flexibility index (Phi) is 4.61. The normalized spacial score (nSPS) is 21.9. The van der Waals surface area contributed by atoms with Gasteiger partial charge >= 0.3 is 0 Å². The molecule has 0 radical (unpaired) electrons. The van der Waals surface area contributed by atoms with E-state index >= 15 is 0 Å². The molecule has 0 saturated carbocycles. The molecule has 2 fully saturated rings. The lowest BCUT2D eigenvalue weighted by atomic mass is 9.72. The summed E-state index contributed by atoms with van der Waals surface area (Å²) in [5, 5.41) is -0.427. The van der Waals surface area contributed by atoms with Gasteiger partial charge in [0.25, 0.3) is 0 Å². The Morgan fingerprint density at radius 3 is 2.57 bits per heavy atom. The largest absolute Gasteiger partial charge is 0.345 e. The molecule has 23 heavy (non-hydrogen) atoms. The van der Waals surface area contributed by atoms with E-state index in [1.165, 1.54) is 12.1 Å². The van der Waals surface area contributed by atoms with Crippen LogP contribution in [0.1, 0.15) is 31.2 Å². The second kappa shape index (κ2) is 6.36. The minimum atomic E-state index is -0.722. The zero-order valence-corrected chi connectivity index (χ0v) is 14.0. The fourth-order valence-corrected chi connectivity index (χ4v) is 3.94. The van der Waals surface area contributed by atoms with Crippen molar-refractivity contribution in [3.63, 3.8) is 0 Å². The Morgan fingerprint density at radius 1 is 1.22 bits per heavy atom. The van der Waals surface area contributed by atoms with Crippen molar-refractivity contribution in [3.8, 4) is 0 Å². The van der Waals surface area contributed by atoms with E-state index in [2.05, 4.69) is 4.90 Å². The van der Waals surface area contributed by atoms with E-state index in [-0.39, 0.29) is 11.3 Å². The standard InChI is InChI=1S/C17H21ClF2N2O/c1-21-11-17(5-4-14(21)23)6-8-22(9-7-17)10-12-2-3-13(19)15(18)16(12)20/h2-3H,4-11H2,1H3. The Morgan fingerprint density at radius 2 is 1.91 bits per heavy atom. The van der Waals surface area contributed by atoms with E-state index in [4.69, 9.17) is 11.6 Å². The third-order valence-corrected chi connectivity index (χ3v) is 5.64. The summed E-state index contributed by atoms with van der Waals surface area (Å²) < 4.78 is 27.2. The molecule has 2 heterocycles. The predicted molar refractivity (Wildman–Crippen MR) is 85.2 cm³/mol. The van der Waals surface area contributed by atoms with E-state index in [1.54, 1.807) is 0 Å². The van der Waals surface area contributed by atoms with Crippen LogP contribution in [-0.2, 0) is 11.3 Å². The van der Waals surface area contributed by atoms with Gasteiger partial charge in [-0.1, -0.05) is 17.7 Å². The molecule has 0 bridgehead atoms. The van der Waals surface area contributed by atoms with Crippen LogP contribution in [0.5, 0.6) is 0 Å². The molecule has 0 aliphatic carbocycles. The lowest BCUT2D eigenvalue weighted by Gasteiger charge is -2.46. The number of carbonyl (C=O) groups is 1. The topological polar surface area (TPSA) is 23.6 Å². The number of piperidine rings is 2. The number of nitrogens with zero attached hydrogens (tertiary/aromatic N) is 2. The molecular weight excluding hydrogens is 322 g/mol. The Bertz CT molecular complexity index is 615. The van der Waals surface area contributed by atoms with E-state index in [0.717, 1.165) is 38.9 Å². The molecule has 0 unspecified atom stereocenters. The first-order valence-corrected chi connectivity index (χ1v) is 8.37. The zero-order valence-electron chi connectivity index (χ0n) is 13.2. The van der Waals surface area contributed by atoms with Crippen LogP contribution in [0.25, 0.3) is 0 Å². The number of halogens is 3. The monoisotopic (exact) mass is 342 g/mol. The van der Waals surface area contributed by atoms with Crippen molar-refractivity contribution in [2.24, 2.45) is 5.41 Å². The summed E-state index contributed by atoms with van der Waals surface area (Å²) in [4.78, 5) is 15.7. The zero-order chi connectivity index (χ0) is 16.6. The maximum absolute atomic E-state index is 14.0. The summed E-state index contributed by atoms with van der Waals surface area (Å²) in [5.41, 5.74) is 0.640. The van der Waals surface area contributed by atoms with Crippen LogP contribution in [0.15, 0.2) is 12.1 Å². The van der Waals surface area contributed by atoms with Gasteiger partial charge in [0.05, 0.1) is 0 Å². The van der Waals surface area contributed by atoms with Gasteiger partial charge in [-0.2, -0.15) is 0 Å². The quantitative estimate of drug-likeness (QED) is 0.768. The lowest BCUT2D eigenvalue weighted by Crippen LogP contribution is -2.50. The van der Waals surface area contributed by atoms with Crippen molar-refractivity contribution in [3.05, 3.63) is 34.4 Å². The van der Waals surface area contributed by atoms with Crippen molar-refractivity contribution in [2.75, 3.05) is 26.7 Å². The summed E-state index contributed by atoms with van der Waals surface area (Å²) in [5.74, 6) is -1.16. The molecule has 3 rings (SSSR count). The molecular formula is C17H21ClF2N2O. The Labute approximate surface area is 140 Å². The SMILES string of the molecule is CN1CC2(CCC1=O)CCN(Cc1ccc(F)c(Cl)c1F)CC2. The average molecular weight is 343 g/mol. The minimum absolute atomic E-state index is 0.206. The highest BCUT2D eigenvalue weighted by atomic mass is 35.5. The molecule has 1 aromatic rings. The van der Waals surface area contributed by atoms with Crippen LogP contribution in [0, 0.1) is 17.0 Å². The van der Waals surface area contributed by atoms with E-state index in [9.17, 15) is 13.6 Å². The molecule has 2 saturated heterocycles. The fraction of sp³-hybridized carbons (Fsp3) is 0.588. The van der Waals surface area contributed by atoms with Crippen LogP contribution in [0.2, 0.25) is 5.02 Å². The number of hydrogen-bond donors (Lipinski definition) is 0. The summed E-state index contributed by atoms with van der Waals surface area (Å²) in [7, 11) is 1.87. The van der Waals surface area contributed by atoms with Crippen LogP contribution in [-0.4, -0.2) is 42.4 Å². The second-order valence-corrected chi connectivity index (χ2v) is 7.24. The van der Waals surface area contributed by atoms with Crippen LogP contribution in [0.3, 0.4) is 0 Å². The van der Waals surface area contributed by atoms with E-state index in [0.29, 0.717) is 18.5 Å². The lowest BCUT2D eigenvalue weighted by molar-refractivity contribution is -0.137. The maximum Gasteiger partial charge on any atom is 0.222 e. The number of hydrogen-bond acceptors (Lipinski definition) is 2. The van der Waals surface area contributed by atoms with Gasteiger partial charge in [-0.3, -0.25) is 9.69 Å². The molecule has 0 atom stereocenters. The first-order valence-electron chi connectivity index (χ1n) is 7.99. The second-order valence-electron chi connectivity index (χ2n) is 6.86. The Balaban J connectivity index is 1.62. The highest BCUT2D eigenvalue weighted by Crippen LogP contribution is 2.40. The summed E-state index contributed by atoms with van der Waals surface area (Å²) in [6.45, 7) is 2.97. The number of amides is 1. The van der Waals surface area contributed by atoms with Crippen LogP contribution in [0.4, 0.5) is 8.78 Å². The Hall–Kier alpha value is -1.20. The van der Waals surface area contributed by atoms with Crippen LogP contribution < -0.4 is 0 Å². The summed E-state index contributed by atoms with van der Waals surface area (Å²) in [6, 6.07) is 2.68. The predicted octanol–water partition coefficient (Wildman–Crippen LogP) is 3.45. The number of likely N-dealkylation sites (tertiary alicyclic amines) is 2. The van der Waals surface area contributed by atoms with Crippen molar-refractivity contribution in [1.82, 2.24) is 9.80 Å². The molecule has 0 N–H and O–H groups in total. The van der Waals surface area contributed by atoms with E-state index in [1.807, 2.05) is 11.9 Å². The van der Waals surface area contributed by atoms with Gasteiger partial charge in [-0.05, 0) is 43.8 Å². The van der Waals surface area contributed by atoms with Gasteiger partial charge in [-0.25, -0.2) is 8.78 Å². The van der Waals surface area contributed by atoms with Gasteiger partial charge < -0.3 is 4.90 Å². The average Bonchev–Trinajstić information content (AvgIpc) is 2.54. The fourth-order valence-electron chi connectivity index (χ4n) is 3.76. The molecule has 1 spiro atoms. The molecule has 2 aliphatic rings. The number of rotatable bonds is 2. The summed E-state index contributed by atoms with van der Waals surface area (Å²) in [6.07, 6.45) is 3.57. The highest BCUT2D eigenvalue weighted by molar-refractivity contribution is 6.30. The van der Waals surface area contributed by atoms with Gasteiger partial charge in [-0.15, -0.1) is 0 Å². The molecule has 1 aromatic carbocycles.